The Balaban J connectivity index is 1.89. The van der Waals surface area contributed by atoms with E-state index in [4.69, 9.17) is 9.26 Å². The first-order valence-corrected chi connectivity index (χ1v) is 11.5. The third-order valence-electron chi connectivity index (χ3n) is 5.53. The minimum absolute atomic E-state index is 0.00751. The predicted octanol–water partition coefficient (Wildman–Crippen LogP) is 6.63. The van der Waals surface area contributed by atoms with Gasteiger partial charge in [-0.05, 0) is 48.2 Å². The molecule has 0 radical (unpaired) electrons. The molecule has 0 spiro atoms. The lowest BCUT2D eigenvalue weighted by Crippen LogP contribution is -2.20. The smallest absolute Gasteiger partial charge is 0.336 e. The van der Waals surface area contributed by atoms with Gasteiger partial charge in [0, 0.05) is 16.5 Å². The molecule has 0 aliphatic heterocycles. The Morgan fingerprint density at radius 1 is 1.06 bits per heavy atom. The van der Waals surface area contributed by atoms with E-state index in [1.807, 2.05) is 27.7 Å². The van der Waals surface area contributed by atoms with Crippen LogP contribution in [0, 0.1) is 11.2 Å². The number of ether oxygens (including phenoxy) is 1. The number of carbonyl (C=O) groups excluding carboxylic acids is 1. The summed E-state index contributed by atoms with van der Waals surface area (Å²) in [6, 6.07) is 9.53. The van der Waals surface area contributed by atoms with E-state index in [9.17, 15) is 14.7 Å². The fraction of sp³-hybridized carbons (Fsp3) is 0.407. The molecular formula is C27H31FN2O5. The van der Waals surface area contributed by atoms with Crippen molar-refractivity contribution < 1.29 is 28.3 Å². The number of carboxylic acid groups (broad SMARTS) is 1. The van der Waals surface area contributed by atoms with Gasteiger partial charge in [0.25, 0.3) is 5.89 Å². The van der Waals surface area contributed by atoms with Crippen LogP contribution in [0.15, 0.2) is 40.9 Å². The number of nitrogens with zero attached hydrogens (tertiary/aromatic N) is 2. The van der Waals surface area contributed by atoms with Crippen LogP contribution in [-0.4, -0.2) is 27.0 Å². The van der Waals surface area contributed by atoms with Crippen molar-refractivity contribution in [2.24, 2.45) is 5.41 Å². The molecule has 0 aliphatic rings. The van der Waals surface area contributed by atoms with Crippen molar-refractivity contribution in [2.75, 3.05) is 0 Å². The summed E-state index contributed by atoms with van der Waals surface area (Å²) < 4.78 is 26.8. The Labute approximate surface area is 204 Å². The van der Waals surface area contributed by atoms with Gasteiger partial charge in [-0.3, -0.25) is 4.79 Å². The van der Waals surface area contributed by atoms with E-state index in [2.05, 4.69) is 10.1 Å². The molecule has 7 nitrogen and oxygen atoms in total. The Hall–Kier alpha value is -3.55. The Kier molecular flexibility index (Phi) is 7.15. The lowest BCUT2D eigenvalue weighted by molar-refractivity contribution is 0.0693. The maximum atomic E-state index is 15.5. The molecule has 0 saturated heterocycles. The van der Waals surface area contributed by atoms with E-state index in [1.165, 1.54) is 12.1 Å². The molecule has 3 aromatic rings. The summed E-state index contributed by atoms with van der Waals surface area (Å²) in [5.74, 6) is -1.18. The summed E-state index contributed by atoms with van der Waals surface area (Å²) in [5.41, 5.74) is -0.634. The number of aromatic carboxylic acids is 1. The number of rotatable bonds is 7. The Morgan fingerprint density at radius 2 is 1.69 bits per heavy atom. The number of ketones is 1. The van der Waals surface area contributed by atoms with Crippen molar-refractivity contribution in [2.45, 2.75) is 66.4 Å². The molecule has 3 rings (SSSR count). The van der Waals surface area contributed by atoms with Crippen LogP contribution in [0.5, 0.6) is 5.75 Å². The number of carbonyl (C=O) groups is 2. The van der Waals surface area contributed by atoms with E-state index in [-0.39, 0.29) is 34.2 Å². The summed E-state index contributed by atoms with van der Waals surface area (Å²) in [6.45, 7) is 12.7. The van der Waals surface area contributed by atoms with Gasteiger partial charge >= 0.3 is 5.97 Å². The number of benzene rings is 2. The topological polar surface area (TPSA) is 103 Å². The molecule has 1 atom stereocenters. The molecule has 0 fully saturated rings. The maximum absolute atomic E-state index is 15.5. The van der Waals surface area contributed by atoms with Gasteiger partial charge in [0.15, 0.2) is 11.9 Å². The second kappa shape index (κ2) is 9.60. The van der Waals surface area contributed by atoms with E-state index in [0.29, 0.717) is 17.7 Å². The zero-order valence-corrected chi connectivity index (χ0v) is 21.1. The summed E-state index contributed by atoms with van der Waals surface area (Å²) in [4.78, 5) is 28.4. The molecule has 1 N–H and O–H groups in total. The second-order valence-corrected chi connectivity index (χ2v) is 10.5. The fourth-order valence-corrected chi connectivity index (χ4v) is 3.73. The van der Waals surface area contributed by atoms with Crippen molar-refractivity contribution in [3.05, 3.63) is 64.8 Å². The lowest BCUT2D eigenvalue weighted by atomic mass is 9.82. The quantitative estimate of drug-likeness (QED) is 0.377. The molecule has 8 heteroatoms. The highest BCUT2D eigenvalue weighted by Gasteiger charge is 2.30. The molecule has 2 aromatic carbocycles. The summed E-state index contributed by atoms with van der Waals surface area (Å²) in [5, 5.41) is 13.4. The highest BCUT2D eigenvalue weighted by molar-refractivity contribution is 5.99. The van der Waals surface area contributed by atoms with Gasteiger partial charge in [-0.15, -0.1) is 0 Å². The van der Waals surface area contributed by atoms with Gasteiger partial charge < -0.3 is 14.4 Å². The van der Waals surface area contributed by atoms with E-state index < -0.39 is 28.7 Å². The zero-order valence-electron chi connectivity index (χ0n) is 21.1. The number of aromatic nitrogens is 2. The maximum Gasteiger partial charge on any atom is 0.336 e. The predicted molar refractivity (Wildman–Crippen MR) is 129 cm³/mol. The average molecular weight is 483 g/mol. The fourth-order valence-electron chi connectivity index (χ4n) is 3.73. The number of halogens is 1. The number of carboxylic acids is 1. The van der Waals surface area contributed by atoms with Crippen LogP contribution in [-0.2, 0) is 5.41 Å². The Morgan fingerprint density at radius 3 is 2.20 bits per heavy atom. The largest absolute Gasteiger partial charge is 0.481 e. The first kappa shape index (κ1) is 26.1. The van der Waals surface area contributed by atoms with Gasteiger partial charge in [0.1, 0.15) is 11.6 Å². The molecule has 0 aliphatic carbocycles. The second-order valence-electron chi connectivity index (χ2n) is 10.5. The molecule has 1 heterocycles. The Bertz CT molecular complexity index is 1230. The van der Waals surface area contributed by atoms with Gasteiger partial charge in [-0.2, -0.15) is 4.98 Å². The van der Waals surface area contributed by atoms with E-state index in [1.54, 1.807) is 45.0 Å². The summed E-state index contributed by atoms with van der Waals surface area (Å²) in [6.07, 6.45) is -0.0957. The van der Waals surface area contributed by atoms with Crippen LogP contribution in [0.1, 0.15) is 93.2 Å². The summed E-state index contributed by atoms with van der Waals surface area (Å²) in [7, 11) is 0. The highest BCUT2D eigenvalue weighted by atomic mass is 19.1. The molecule has 1 aromatic heterocycles. The van der Waals surface area contributed by atoms with Gasteiger partial charge in [-0.25, -0.2) is 9.18 Å². The molecule has 35 heavy (non-hydrogen) atoms. The number of Topliss-reactive ketones (excluding diaryl/α,β-unsaturated/α-hetero) is 1. The van der Waals surface area contributed by atoms with Crippen molar-refractivity contribution >= 4 is 11.8 Å². The van der Waals surface area contributed by atoms with Crippen molar-refractivity contribution in [3.8, 4) is 17.1 Å². The van der Waals surface area contributed by atoms with Crippen LogP contribution in [0.25, 0.3) is 11.4 Å². The molecule has 186 valence electrons. The highest BCUT2D eigenvalue weighted by Crippen LogP contribution is 2.35. The SMILES string of the molecule is CC[C@@H](Oc1ccc(C(=O)C(C)(C)C)cc1)c1nc(-c2ccc(C(=O)O)c(C(C)(C)C)c2F)no1. The third-order valence-corrected chi connectivity index (χ3v) is 5.53. The molecular weight excluding hydrogens is 451 g/mol. The average Bonchev–Trinajstić information content (AvgIpc) is 3.25. The van der Waals surface area contributed by atoms with Crippen LogP contribution in [0.2, 0.25) is 0 Å². The minimum atomic E-state index is -1.20. The molecule has 0 unspecified atom stereocenters. The van der Waals surface area contributed by atoms with Crippen LogP contribution in [0.3, 0.4) is 0 Å². The standard InChI is InChI=1S/C27H31FN2O5/c1-8-19(34-16-11-9-15(10-12-16)22(31)27(5,6)7)24-29-23(30-35-24)18-14-13-17(25(32)33)20(21(18)28)26(2,3)4/h9-14,19H,8H2,1-7H3,(H,32,33)/t19-/m1/s1. The normalized spacial score (nSPS) is 12.9. The monoisotopic (exact) mass is 482 g/mol. The first-order chi connectivity index (χ1) is 16.2. The lowest BCUT2D eigenvalue weighted by Gasteiger charge is -2.23. The molecule has 0 saturated carbocycles. The first-order valence-electron chi connectivity index (χ1n) is 11.5. The van der Waals surface area contributed by atoms with Gasteiger partial charge in [-0.1, -0.05) is 53.6 Å². The van der Waals surface area contributed by atoms with Crippen molar-refractivity contribution in [3.63, 3.8) is 0 Å². The van der Waals surface area contributed by atoms with E-state index in [0.717, 1.165) is 0 Å². The van der Waals surface area contributed by atoms with E-state index >= 15 is 4.39 Å². The van der Waals surface area contributed by atoms with Crippen LogP contribution < -0.4 is 4.74 Å². The number of hydrogen-bond donors (Lipinski definition) is 1. The zero-order chi connectivity index (χ0) is 26.1. The van der Waals surface area contributed by atoms with Crippen LogP contribution in [0.4, 0.5) is 4.39 Å². The van der Waals surface area contributed by atoms with Gasteiger partial charge in [0.2, 0.25) is 5.82 Å². The minimum Gasteiger partial charge on any atom is -0.481 e. The van der Waals surface area contributed by atoms with Crippen molar-refractivity contribution in [1.29, 1.82) is 0 Å². The summed E-state index contributed by atoms with van der Waals surface area (Å²) >= 11 is 0. The van der Waals surface area contributed by atoms with Crippen LogP contribution >= 0.6 is 0 Å². The van der Waals surface area contributed by atoms with Gasteiger partial charge in [0.05, 0.1) is 11.1 Å². The molecule has 0 bridgehead atoms. The molecule has 0 amide bonds. The third kappa shape index (κ3) is 5.58. The number of hydrogen-bond acceptors (Lipinski definition) is 6. The van der Waals surface area contributed by atoms with Crippen molar-refractivity contribution in [1.82, 2.24) is 10.1 Å².